The SMILES string of the molecule is CC1CCC(C)C(CN)(NC2CCCC2CO)C1. The van der Waals surface area contributed by atoms with Crippen LogP contribution in [0.2, 0.25) is 0 Å². The van der Waals surface area contributed by atoms with Gasteiger partial charge in [0, 0.05) is 24.7 Å². The smallest absolute Gasteiger partial charge is 0.0474 e. The average molecular weight is 254 g/mol. The second-order valence-electron chi connectivity index (χ2n) is 6.77. The fraction of sp³-hybridized carbons (Fsp3) is 1.00. The first kappa shape index (κ1) is 14.3. The number of nitrogens with two attached hydrogens (primary N) is 1. The molecule has 18 heavy (non-hydrogen) atoms. The zero-order valence-electron chi connectivity index (χ0n) is 12.0. The first-order valence-electron chi connectivity index (χ1n) is 7.70. The molecule has 2 rings (SSSR count). The molecule has 0 heterocycles. The summed E-state index contributed by atoms with van der Waals surface area (Å²) in [5.74, 6) is 1.86. The summed E-state index contributed by atoms with van der Waals surface area (Å²) in [6.07, 6.45) is 7.42. The predicted molar refractivity (Wildman–Crippen MR) is 75.3 cm³/mol. The van der Waals surface area contributed by atoms with Crippen LogP contribution in [0.4, 0.5) is 0 Å². The highest BCUT2D eigenvalue weighted by molar-refractivity contribution is 5.01. The van der Waals surface area contributed by atoms with Gasteiger partial charge in [-0.15, -0.1) is 0 Å². The van der Waals surface area contributed by atoms with Crippen molar-refractivity contribution in [3.05, 3.63) is 0 Å². The average Bonchev–Trinajstić information content (AvgIpc) is 2.81. The van der Waals surface area contributed by atoms with Gasteiger partial charge in [-0.25, -0.2) is 0 Å². The molecule has 3 nitrogen and oxygen atoms in total. The van der Waals surface area contributed by atoms with E-state index in [1.54, 1.807) is 0 Å². The van der Waals surface area contributed by atoms with Gasteiger partial charge in [-0.1, -0.05) is 26.7 Å². The summed E-state index contributed by atoms with van der Waals surface area (Å²) in [4.78, 5) is 0. The maximum absolute atomic E-state index is 9.47. The van der Waals surface area contributed by atoms with E-state index in [1.165, 1.54) is 38.5 Å². The van der Waals surface area contributed by atoms with Gasteiger partial charge in [-0.2, -0.15) is 0 Å². The highest BCUT2D eigenvalue weighted by atomic mass is 16.3. The molecule has 0 spiro atoms. The van der Waals surface area contributed by atoms with Gasteiger partial charge in [0.15, 0.2) is 0 Å². The molecule has 0 saturated heterocycles. The second-order valence-corrected chi connectivity index (χ2v) is 6.77. The molecule has 2 saturated carbocycles. The Bertz CT molecular complexity index is 271. The minimum Gasteiger partial charge on any atom is -0.396 e. The fourth-order valence-corrected chi connectivity index (χ4v) is 4.10. The summed E-state index contributed by atoms with van der Waals surface area (Å²) in [7, 11) is 0. The van der Waals surface area contributed by atoms with Gasteiger partial charge in [-0.05, 0) is 43.4 Å². The number of nitrogens with one attached hydrogen (secondary N) is 1. The van der Waals surface area contributed by atoms with Crippen LogP contribution in [0.25, 0.3) is 0 Å². The van der Waals surface area contributed by atoms with Crippen molar-refractivity contribution in [3.63, 3.8) is 0 Å². The number of aliphatic hydroxyl groups excluding tert-OH is 1. The molecule has 106 valence electrons. The second kappa shape index (κ2) is 5.89. The zero-order chi connectivity index (χ0) is 13.2. The third-order valence-electron chi connectivity index (χ3n) is 5.48. The minimum atomic E-state index is 0.111. The minimum absolute atomic E-state index is 0.111. The van der Waals surface area contributed by atoms with Gasteiger partial charge >= 0.3 is 0 Å². The molecular formula is C15H30N2O. The Morgan fingerprint density at radius 2 is 2.00 bits per heavy atom. The molecule has 0 aliphatic heterocycles. The fourth-order valence-electron chi connectivity index (χ4n) is 4.10. The van der Waals surface area contributed by atoms with E-state index in [2.05, 4.69) is 19.2 Å². The largest absolute Gasteiger partial charge is 0.396 e. The highest BCUT2D eigenvalue weighted by Gasteiger charge is 2.42. The molecular weight excluding hydrogens is 224 g/mol. The highest BCUT2D eigenvalue weighted by Crippen LogP contribution is 2.38. The van der Waals surface area contributed by atoms with Crippen LogP contribution in [0.3, 0.4) is 0 Å². The van der Waals surface area contributed by atoms with Crippen molar-refractivity contribution in [2.24, 2.45) is 23.5 Å². The molecule has 2 aliphatic rings. The lowest BCUT2D eigenvalue weighted by atomic mass is 9.69. The topological polar surface area (TPSA) is 58.3 Å². The maximum atomic E-state index is 9.47. The van der Waals surface area contributed by atoms with E-state index >= 15 is 0 Å². The molecule has 0 aromatic rings. The van der Waals surface area contributed by atoms with E-state index in [4.69, 9.17) is 5.73 Å². The van der Waals surface area contributed by atoms with Crippen molar-refractivity contribution in [2.75, 3.05) is 13.2 Å². The summed E-state index contributed by atoms with van der Waals surface area (Å²) in [5.41, 5.74) is 6.24. The molecule has 5 unspecified atom stereocenters. The molecule has 2 fully saturated rings. The number of hydrogen-bond donors (Lipinski definition) is 3. The molecule has 4 N–H and O–H groups in total. The maximum Gasteiger partial charge on any atom is 0.0474 e. The van der Waals surface area contributed by atoms with Gasteiger partial charge in [0.05, 0.1) is 0 Å². The van der Waals surface area contributed by atoms with Crippen molar-refractivity contribution in [2.45, 2.75) is 64.0 Å². The first-order valence-corrected chi connectivity index (χ1v) is 7.70. The third kappa shape index (κ3) is 2.73. The Labute approximate surface area is 112 Å². The normalized spacial score (nSPS) is 45.3. The number of hydrogen-bond acceptors (Lipinski definition) is 3. The van der Waals surface area contributed by atoms with Crippen LogP contribution < -0.4 is 11.1 Å². The van der Waals surface area contributed by atoms with E-state index in [9.17, 15) is 5.11 Å². The van der Waals surface area contributed by atoms with Crippen molar-refractivity contribution < 1.29 is 5.11 Å². The van der Waals surface area contributed by atoms with Gasteiger partial charge in [0.2, 0.25) is 0 Å². The lowest BCUT2D eigenvalue weighted by Gasteiger charge is -2.47. The molecule has 0 aromatic heterocycles. The van der Waals surface area contributed by atoms with E-state index in [0.717, 1.165) is 12.5 Å². The quantitative estimate of drug-likeness (QED) is 0.718. The first-order chi connectivity index (χ1) is 8.61. The molecule has 0 aromatic carbocycles. The van der Waals surface area contributed by atoms with Gasteiger partial charge in [-0.3, -0.25) is 0 Å². The zero-order valence-corrected chi connectivity index (χ0v) is 12.0. The summed E-state index contributed by atoms with van der Waals surface area (Å²) in [5, 5.41) is 13.3. The predicted octanol–water partition coefficient (Wildman–Crippen LogP) is 1.89. The van der Waals surface area contributed by atoms with E-state index in [1.807, 2.05) is 0 Å². The van der Waals surface area contributed by atoms with Crippen LogP contribution in [-0.2, 0) is 0 Å². The number of rotatable bonds is 4. The molecule has 0 radical (unpaired) electrons. The van der Waals surface area contributed by atoms with Crippen molar-refractivity contribution in [3.8, 4) is 0 Å². The van der Waals surface area contributed by atoms with Crippen molar-refractivity contribution in [1.29, 1.82) is 0 Å². The van der Waals surface area contributed by atoms with Gasteiger partial charge in [0.1, 0.15) is 0 Å². The van der Waals surface area contributed by atoms with E-state index in [-0.39, 0.29) is 5.54 Å². The Kier molecular flexibility index (Phi) is 4.68. The molecule has 3 heteroatoms. The lowest BCUT2D eigenvalue weighted by Crippen LogP contribution is -2.62. The van der Waals surface area contributed by atoms with Gasteiger partial charge < -0.3 is 16.2 Å². The van der Waals surface area contributed by atoms with Crippen LogP contribution in [-0.4, -0.2) is 29.8 Å². The Balaban J connectivity index is 2.06. The van der Waals surface area contributed by atoms with Crippen molar-refractivity contribution >= 4 is 0 Å². The standard InChI is InChI=1S/C15H30N2O/c1-11-6-7-12(2)15(8-11,10-16)17-14-5-3-4-13(14)9-18/h11-14,17-18H,3-10,16H2,1-2H3. The van der Waals surface area contributed by atoms with E-state index in [0.29, 0.717) is 24.5 Å². The Morgan fingerprint density at radius 1 is 1.22 bits per heavy atom. The van der Waals surface area contributed by atoms with Crippen LogP contribution in [0.1, 0.15) is 52.4 Å². The summed E-state index contributed by atoms with van der Waals surface area (Å²) < 4.78 is 0. The third-order valence-corrected chi connectivity index (χ3v) is 5.48. The van der Waals surface area contributed by atoms with E-state index < -0.39 is 0 Å². The molecule has 5 atom stereocenters. The van der Waals surface area contributed by atoms with Crippen LogP contribution >= 0.6 is 0 Å². The summed E-state index contributed by atoms with van der Waals surface area (Å²) in [6.45, 7) is 5.74. The van der Waals surface area contributed by atoms with Crippen molar-refractivity contribution in [1.82, 2.24) is 5.32 Å². The molecule has 0 bridgehead atoms. The number of aliphatic hydroxyl groups is 1. The molecule has 0 amide bonds. The van der Waals surface area contributed by atoms with Crippen LogP contribution in [0.5, 0.6) is 0 Å². The lowest BCUT2D eigenvalue weighted by molar-refractivity contribution is 0.0941. The Hall–Kier alpha value is -0.120. The summed E-state index contributed by atoms with van der Waals surface area (Å²) in [6, 6.07) is 0.478. The van der Waals surface area contributed by atoms with Crippen LogP contribution in [0, 0.1) is 17.8 Å². The monoisotopic (exact) mass is 254 g/mol. The van der Waals surface area contributed by atoms with Crippen LogP contribution in [0.15, 0.2) is 0 Å². The molecule has 2 aliphatic carbocycles. The summed E-state index contributed by atoms with van der Waals surface area (Å²) >= 11 is 0. The Morgan fingerprint density at radius 3 is 2.67 bits per heavy atom. The van der Waals surface area contributed by atoms with Gasteiger partial charge in [0.25, 0.3) is 0 Å².